The summed E-state index contributed by atoms with van der Waals surface area (Å²) in [5.41, 5.74) is 0. The number of likely N-dealkylation sites (tertiary alicyclic amines) is 1. The van der Waals surface area contributed by atoms with E-state index in [0.717, 1.165) is 77.7 Å². The number of rotatable bonds is 8. The van der Waals surface area contributed by atoms with Gasteiger partial charge in [0.05, 0.1) is 6.54 Å². The minimum absolute atomic E-state index is 0. The summed E-state index contributed by atoms with van der Waals surface area (Å²) in [5, 5.41) is 3.49. The van der Waals surface area contributed by atoms with Crippen LogP contribution >= 0.6 is 24.0 Å². The molecule has 2 saturated heterocycles. The van der Waals surface area contributed by atoms with Gasteiger partial charge in [-0.2, -0.15) is 0 Å². The maximum Gasteiger partial charge on any atom is 0.236 e. The number of hydrogen-bond acceptors (Lipinski definition) is 4. The fraction of sp³-hybridized carbons (Fsp3) is 0.895. The Morgan fingerprint density at radius 2 is 1.70 bits per heavy atom. The maximum absolute atomic E-state index is 12.3. The number of carbonyl (C=O) groups excluding carboxylic acids is 1. The molecule has 0 aromatic carbocycles. The van der Waals surface area contributed by atoms with Crippen molar-refractivity contribution >= 4 is 35.8 Å². The normalized spacial score (nSPS) is 18.7. The first-order chi connectivity index (χ1) is 12.6. The minimum Gasteiger partial charge on any atom is -0.355 e. The van der Waals surface area contributed by atoms with Crippen molar-refractivity contribution in [3.05, 3.63) is 0 Å². The molecular formula is C19H39IN6O. The van der Waals surface area contributed by atoms with Crippen LogP contribution in [0.4, 0.5) is 0 Å². The molecule has 2 aliphatic rings. The summed E-state index contributed by atoms with van der Waals surface area (Å²) in [7, 11) is 4.03. The average molecular weight is 494 g/mol. The van der Waals surface area contributed by atoms with E-state index in [0.29, 0.717) is 12.5 Å². The minimum atomic E-state index is 0. The highest BCUT2D eigenvalue weighted by Gasteiger charge is 2.24. The van der Waals surface area contributed by atoms with Gasteiger partial charge in [-0.25, -0.2) is 0 Å². The van der Waals surface area contributed by atoms with E-state index in [2.05, 4.69) is 39.0 Å². The molecule has 27 heavy (non-hydrogen) atoms. The number of hydrogen-bond donors (Lipinski definition) is 1. The van der Waals surface area contributed by atoms with E-state index in [1.807, 2.05) is 11.9 Å². The van der Waals surface area contributed by atoms with E-state index in [1.165, 1.54) is 12.8 Å². The van der Waals surface area contributed by atoms with Crippen molar-refractivity contribution in [3.63, 3.8) is 0 Å². The number of guanidine groups is 1. The summed E-state index contributed by atoms with van der Waals surface area (Å²) in [5.74, 6) is 1.29. The van der Waals surface area contributed by atoms with Crippen molar-refractivity contribution in [3.8, 4) is 0 Å². The number of nitrogens with zero attached hydrogens (tertiary/aromatic N) is 5. The fourth-order valence-electron chi connectivity index (χ4n) is 3.61. The highest BCUT2D eigenvalue weighted by Crippen LogP contribution is 2.09. The summed E-state index contributed by atoms with van der Waals surface area (Å²) >= 11 is 0. The van der Waals surface area contributed by atoms with Crippen LogP contribution in [-0.2, 0) is 4.79 Å². The van der Waals surface area contributed by atoms with Crippen LogP contribution in [0.1, 0.15) is 32.6 Å². The Kier molecular flexibility index (Phi) is 12.3. The predicted octanol–water partition coefficient (Wildman–Crippen LogP) is 1.15. The lowest BCUT2D eigenvalue weighted by Crippen LogP contribution is -2.54. The number of likely N-dealkylation sites (N-methyl/N-ethyl adjacent to an activating group) is 1. The van der Waals surface area contributed by atoms with Crippen LogP contribution in [0.15, 0.2) is 4.99 Å². The van der Waals surface area contributed by atoms with Crippen LogP contribution in [0.2, 0.25) is 0 Å². The standard InChI is InChI=1S/C19H38N6O.HI/c1-4-5-9-22(3)12-8-21-19(20-2)25-15-13-23(14-16-25)17-18(26)24-10-6-7-11-24;/h4-17H2,1-3H3,(H,20,21);1H. The molecule has 2 rings (SSSR count). The zero-order chi connectivity index (χ0) is 18.8. The molecule has 0 atom stereocenters. The van der Waals surface area contributed by atoms with Gasteiger partial charge in [-0.1, -0.05) is 13.3 Å². The zero-order valence-corrected chi connectivity index (χ0v) is 19.8. The second-order valence-electron chi connectivity index (χ2n) is 7.48. The van der Waals surface area contributed by atoms with Crippen molar-refractivity contribution in [2.24, 2.45) is 4.99 Å². The number of carbonyl (C=O) groups is 1. The molecule has 1 amide bonds. The van der Waals surface area contributed by atoms with Crippen LogP contribution in [0.25, 0.3) is 0 Å². The zero-order valence-electron chi connectivity index (χ0n) is 17.5. The van der Waals surface area contributed by atoms with Crippen molar-refractivity contribution in [2.45, 2.75) is 32.6 Å². The Balaban J connectivity index is 0.00000364. The van der Waals surface area contributed by atoms with E-state index in [9.17, 15) is 4.79 Å². The van der Waals surface area contributed by atoms with Gasteiger partial charge in [0.15, 0.2) is 5.96 Å². The van der Waals surface area contributed by atoms with Gasteiger partial charge in [-0.15, -0.1) is 24.0 Å². The van der Waals surface area contributed by atoms with Crippen LogP contribution in [0.3, 0.4) is 0 Å². The van der Waals surface area contributed by atoms with Crippen molar-refractivity contribution in [2.75, 3.05) is 79.5 Å². The molecule has 0 aliphatic carbocycles. The van der Waals surface area contributed by atoms with Gasteiger partial charge < -0.3 is 20.0 Å². The molecule has 8 heteroatoms. The van der Waals surface area contributed by atoms with Gasteiger partial charge in [0.25, 0.3) is 0 Å². The summed E-state index contributed by atoms with van der Waals surface area (Å²) in [6.07, 6.45) is 4.82. The van der Waals surface area contributed by atoms with Gasteiger partial charge in [0.2, 0.25) is 5.91 Å². The smallest absolute Gasteiger partial charge is 0.236 e. The van der Waals surface area contributed by atoms with Gasteiger partial charge in [0.1, 0.15) is 0 Å². The quantitative estimate of drug-likeness (QED) is 0.312. The van der Waals surface area contributed by atoms with Crippen molar-refractivity contribution in [1.82, 2.24) is 24.9 Å². The predicted molar refractivity (Wildman–Crippen MR) is 123 cm³/mol. The molecule has 2 heterocycles. The van der Waals surface area contributed by atoms with Crippen molar-refractivity contribution in [1.29, 1.82) is 0 Å². The second kappa shape index (κ2) is 13.5. The highest BCUT2D eigenvalue weighted by molar-refractivity contribution is 14.0. The third kappa shape index (κ3) is 8.51. The molecule has 0 unspecified atom stereocenters. The summed E-state index contributed by atoms with van der Waals surface area (Å²) in [6, 6.07) is 0. The Hall–Kier alpha value is -0.610. The van der Waals surface area contributed by atoms with E-state index < -0.39 is 0 Å². The second-order valence-corrected chi connectivity index (χ2v) is 7.48. The molecule has 7 nitrogen and oxygen atoms in total. The first-order valence-corrected chi connectivity index (χ1v) is 10.3. The number of piperazine rings is 1. The van der Waals surface area contributed by atoms with Crippen LogP contribution < -0.4 is 5.32 Å². The monoisotopic (exact) mass is 494 g/mol. The van der Waals surface area contributed by atoms with Gasteiger partial charge in [-0.05, 0) is 32.9 Å². The van der Waals surface area contributed by atoms with E-state index in [4.69, 9.17) is 0 Å². The summed E-state index contributed by atoms with van der Waals surface area (Å²) in [6.45, 7) is 11.5. The lowest BCUT2D eigenvalue weighted by molar-refractivity contribution is -0.131. The Labute approximate surface area is 182 Å². The number of unbranched alkanes of at least 4 members (excludes halogenated alkanes) is 1. The first-order valence-electron chi connectivity index (χ1n) is 10.3. The van der Waals surface area contributed by atoms with Crippen LogP contribution in [-0.4, -0.2) is 111 Å². The average Bonchev–Trinajstić information content (AvgIpc) is 3.19. The van der Waals surface area contributed by atoms with E-state index in [1.54, 1.807) is 0 Å². The first kappa shape index (κ1) is 24.4. The topological polar surface area (TPSA) is 54.4 Å². The van der Waals surface area contributed by atoms with Gasteiger partial charge >= 0.3 is 0 Å². The lowest BCUT2D eigenvalue weighted by Gasteiger charge is -2.36. The number of halogens is 1. The number of nitrogens with one attached hydrogen (secondary N) is 1. The molecule has 2 aliphatic heterocycles. The van der Waals surface area contributed by atoms with Gasteiger partial charge in [0, 0.05) is 59.4 Å². The molecule has 0 bridgehead atoms. The SMILES string of the molecule is CCCCN(C)CCNC(=NC)N1CCN(CC(=O)N2CCCC2)CC1.I. The van der Waals surface area contributed by atoms with Gasteiger partial charge in [-0.3, -0.25) is 14.7 Å². The highest BCUT2D eigenvalue weighted by atomic mass is 127. The Bertz CT molecular complexity index is 447. The lowest BCUT2D eigenvalue weighted by atomic mass is 10.3. The van der Waals surface area contributed by atoms with Crippen LogP contribution in [0.5, 0.6) is 0 Å². The molecule has 0 aromatic heterocycles. The molecule has 158 valence electrons. The number of aliphatic imine (C=N–C) groups is 1. The largest absolute Gasteiger partial charge is 0.355 e. The summed E-state index contributed by atoms with van der Waals surface area (Å²) in [4.78, 5) is 25.7. The third-order valence-electron chi connectivity index (χ3n) is 5.37. The Morgan fingerprint density at radius 3 is 2.30 bits per heavy atom. The van der Waals surface area contributed by atoms with E-state index >= 15 is 0 Å². The molecule has 0 radical (unpaired) electrons. The maximum atomic E-state index is 12.3. The molecule has 1 N–H and O–H groups in total. The fourth-order valence-corrected chi connectivity index (χ4v) is 3.61. The van der Waals surface area contributed by atoms with Crippen molar-refractivity contribution < 1.29 is 4.79 Å². The summed E-state index contributed by atoms with van der Waals surface area (Å²) < 4.78 is 0. The van der Waals surface area contributed by atoms with E-state index in [-0.39, 0.29) is 24.0 Å². The third-order valence-corrected chi connectivity index (χ3v) is 5.37. The molecule has 0 saturated carbocycles. The molecule has 2 fully saturated rings. The number of amides is 1. The van der Waals surface area contributed by atoms with Crippen LogP contribution in [0, 0.1) is 0 Å². The molecular weight excluding hydrogens is 455 g/mol. The molecule has 0 aromatic rings. The molecule has 0 spiro atoms. The Morgan fingerprint density at radius 1 is 1.04 bits per heavy atom.